The number of rotatable bonds is 5. The van der Waals surface area contributed by atoms with Crippen molar-refractivity contribution in [3.8, 4) is 11.3 Å². The predicted octanol–water partition coefficient (Wildman–Crippen LogP) is 3.72. The van der Waals surface area contributed by atoms with Gasteiger partial charge in [0.25, 0.3) is 0 Å². The van der Waals surface area contributed by atoms with Crippen LogP contribution in [-0.2, 0) is 30.4 Å². The molecule has 29 heavy (non-hydrogen) atoms. The molecule has 2 heterocycles. The van der Waals surface area contributed by atoms with Gasteiger partial charge in [0.2, 0.25) is 5.95 Å². The largest absolute Gasteiger partial charge is 0.366 e. The van der Waals surface area contributed by atoms with E-state index in [1.54, 1.807) is 18.2 Å². The number of H-pyrrole nitrogens is 1. The first-order valence-electron chi connectivity index (χ1n) is 9.54. The number of anilines is 1. The summed E-state index contributed by atoms with van der Waals surface area (Å²) in [7, 11) is -1.54. The molecule has 8 heteroatoms. The van der Waals surface area contributed by atoms with E-state index in [4.69, 9.17) is 5.14 Å². The van der Waals surface area contributed by atoms with Crippen LogP contribution in [0.15, 0.2) is 41.3 Å². The van der Waals surface area contributed by atoms with Crippen LogP contribution in [0.5, 0.6) is 0 Å². The van der Waals surface area contributed by atoms with Gasteiger partial charge < -0.3 is 5.32 Å². The number of fused-ring (bicyclic) bond motifs is 1. The highest BCUT2D eigenvalue weighted by molar-refractivity contribution is 7.82. The van der Waals surface area contributed by atoms with E-state index in [1.807, 2.05) is 12.1 Å². The first-order valence-corrected chi connectivity index (χ1v) is 10.8. The summed E-state index contributed by atoms with van der Waals surface area (Å²) in [5.74, 6) is -0.137. The van der Waals surface area contributed by atoms with Crippen LogP contribution in [0.3, 0.4) is 0 Å². The summed E-state index contributed by atoms with van der Waals surface area (Å²) >= 11 is 0. The third-order valence-electron chi connectivity index (χ3n) is 5.33. The summed E-state index contributed by atoms with van der Waals surface area (Å²) in [6, 6.07) is 10.4. The Balaban J connectivity index is 1.57. The topological polar surface area (TPSA) is 96.7 Å². The molecule has 1 aliphatic carbocycles. The van der Waals surface area contributed by atoms with E-state index in [1.165, 1.54) is 11.6 Å². The summed E-state index contributed by atoms with van der Waals surface area (Å²) in [6.45, 7) is 4.91. The van der Waals surface area contributed by atoms with Crippen LogP contribution in [0.2, 0.25) is 0 Å². The van der Waals surface area contributed by atoms with E-state index < -0.39 is 16.9 Å². The normalized spacial score (nSPS) is 16.3. The standard InChI is InChI=1S/C21H24FN5OS/c1-21(2)7-6-16-17(11-21)26-27-20(16)14-9-18(22)25-19(10-14)24-12-13-4-3-5-15(8-13)29(23)28/h3-5,8-10H,6-7,11-12,23H2,1-2H3,(H,24,25)(H,26,27). The molecule has 152 valence electrons. The summed E-state index contributed by atoms with van der Waals surface area (Å²) < 4.78 is 25.7. The average molecular weight is 414 g/mol. The van der Waals surface area contributed by atoms with Gasteiger partial charge in [-0.2, -0.15) is 9.49 Å². The highest BCUT2D eigenvalue weighted by atomic mass is 32.2. The van der Waals surface area contributed by atoms with Crippen LogP contribution in [-0.4, -0.2) is 19.4 Å². The minimum Gasteiger partial charge on any atom is -0.366 e. The molecule has 1 unspecified atom stereocenters. The van der Waals surface area contributed by atoms with Gasteiger partial charge in [-0.1, -0.05) is 26.0 Å². The van der Waals surface area contributed by atoms with E-state index >= 15 is 0 Å². The molecule has 0 spiro atoms. The van der Waals surface area contributed by atoms with E-state index in [-0.39, 0.29) is 5.41 Å². The van der Waals surface area contributed by atoms with Crippen LogP contribution in [0.25, 0.3) is 11.3 Å². The number of nitrogens with one attached hydrogen (secondary N) is 2. The second-order valence-electron chi connectivity index (χ2n) is 8.23. The minimum atomic E-state index is -1.54. The summed E-state index contributed by atoms with van der Waals surface area (Å²) in [5.41, 5.74) is 4.92. The number of hydrogen-bond acceptors (Lipinski definition) is 4. The zero-order valence-electron chi connectivity index (χ0n) is 16.5. The Morgan fingerprint density at radius 3 is 2.93 bits per heavy atom. The Hall–Kier alpha value is -2.58. The van der Waals surface area contributed by atoms with Crippen molar-refractivity contribution in [2.75, 3.05) is 5.32 Å². The molecular weight excluding hydrogens is 389 g/mol. The first kappa shape index (κ1) is 19.7. The number of halogens is 1. The Bertz CT molecular complexity index is 1080. The maximum atomic E-state index is 14.2. The molecule has 0 fully saturated rings. The van der Waals surface area contributed by atoms with Crippen molar-refractivity contribution in [1.82, 2.24) is 15.2 Å². The number of nitrogens with zero attached hydrogens (tertiary/aromatic N) is 2. The second-order valence-corrected chi connectivity index (χ2v) is 9.30. The number of hydrogen-bond donors (Lipinski definition) is 3. The van der Waals surface area contributed by atoms with Crippen molar-refractivity contribution >= 4 is 16.8 Å². The van der Waals surface area contributed by atoms with E-state index in [9.17, 15) is 8.60 Å². The molecule has 2 aromatic heterocycles. The molecule has 3 aromatic rings. The molecule has 0 aliphatic heterocycles. The Kier molecular flexibility index (Phi) is 5.23. The monoisotopic (exact) mass is 413 g/mol. The maximum absolute atomic E-state index is 14.2. The van der Waals surface area contributed by atoms with Gasteiger partial charge in [0.1, 0.15) is 16.8 Å². The molecule has 4 N–H and O–H groups in total. The van der Waals surface area contributed by atoms with Crippen molar-refractivity contribution in [3.63, 3.8) is 0 Å². The molecule has 0 bridgehead atoms. The van der Waals surface area contributed by atoms with Crippen molar-refractivity contribution in [3.05, 3.63) is 59.2 Å². The number of aromatic amines is 1. The molecule has 0 radical (unpaired) electrons. The third-order valence-corrected chi connectivity index (χ3v) is 6.05. The molecule has 6 nitrogen and oxygen atoms in total. The minimum absolute atomic E-state index is 0.245. The molecular formula is C21H24FN5OS. The average Bonchev–Trinajstić information content (AvgIpc) is 3.08. The van der Waals surface area contributed by atoms with Crippen LogP contribution in [0, 0.1) is 11.4 Å². The van der Waals surface area contributed by atoms with E-state index in [0.717, 1.165) is 36.2 Å². The van der Waals surface area contributed by atoms with Gasteiger partial charge in [-0.3, -0.25) is 5.10 Å². The smallest absolute Gasteiger partial charge is 0.215 e. The van der Waals surface area contributed by atoms with E-state index in [2.05, 4.69) is 34.3 Å². The van der Waals surface area contributed by atoms with Crippen LogP contribution >= 0.6 is 0 Å². The predicted molar refractivity (Wildman–Crippen MR) is 112 cm³/mol. The number of benzene rings is 1. The zero-order valence-corrected chi connectivity index (χ0v) is 17.3. The quantitative estimate of drug-likeness (QED) is 0.556. The van der Waals surface area contributed by atoms with Gasteiger partial charge >= 0.3 is 0 Å². The lowest BCUT2D eigenvalue weighted by atomic mass is 9.76. The van der Waals surface area contributed by atoms with Gasteiger partial charge in [0.15, 0.2) is 0 Å². The lowest BCUT2D eigenvalue weighted by molar-refractivity contribution is 0.312. The Labute approximate surface area is 171 Å². The highest BCUT2D eigenvalue weighted by Crippen LogP contribution is 2.38. The van der Waals surface area contributed by atoms with Crippen LogP contribution in [0.4, 0.5) is 10.2 Å². The van der Waals surface area contributed by atoms with Crippen molar-refractivity contribution < 1.29 is 8.60 Å². The van der Waals surface area contributed by atoms with Crippen molar-refractivity contribution in [2.24, 2.45) is 10.6 Å². The van der Waals surface area contributed by atoms with Gasteiger partial charge in [-0.05, 0) is 48.4 Å². The lowest BCUT2D eigenvalue weighted by Gasteiger charge is -2.29. The van der Waals surface area contributed by atoms with Crippen LogP contribution in [0.1, 0.15) is 37.1 Å². The Morgan fingerprint density at radius 2 is 2.14 bits per heavy atom. The first-order chi connectivity index (χ1) is 13.8. The highest BCUT2D eigenvalue weighted by Gasteiger charge is 2.29. The number of pyridine rings is 1. The summed E-state index contributed by atoms with van der Waals surface area (Å²) in [4.78, 5) is 4.50. The molecule has 1 aromatic carbocycles. The van der Waals surface area contributed by atoms with Gasteiger partial charge in [-0.25, -0.2) is 14.3 Å². The van der Waals surface area contributed by atoms with Crippen molar-refractivity contribution in [2.45, 2.75) is 44.6 Å². The Morgan fingerprint density at radius 1 is 1.31 bits per heavy atom. The summed E-state index contributed by atoms with van der Waals surface area (Å²) in [6.07, 6.45) is 2.93. The third kappa shape index (κ3) is 4.38. The van der Waals surface area contributed by atoms with Crippen LogP contribution < -0.4 is 10.5 Å². The molecule has 1 aliphatic rings. The molecule has 1 atom stereocenters. The zero-order chi connectivity index (χ0) is 20.6. The van der Waals surface area contributed by atoms with Gasteiger partial charge in [0, 0.05) is 29.4 Å². The van der Waals surface area contributed by atoms with Gasteiger partial charge in [0.05, 0.1) is 10.6 Å². The SMILES string of the molecule is CC1(C)CCc2c(-c3cc(F)nc(NCc4cccc(S(N)=O)c4)c3)n[nH]c2C1. The fourth-order valence-electron chi connectivity index (χ4n) is 3.78. The van der Waals surface area contributed by atoms with E-state index in [0.29, 0.717) is 22.8 Å². The van der Waals surface area contributed by atoms with Crippen molar-refractivity contribution in [1.29, 1.82) is 0 Å². The summed E-state index contributed by atoms with van der Waals surface area (Å²) in [5, 5.41) is 16.2. The molecule has 0 amide bonds. The lowest BCUT2D eigenvalue weighted by Crippen LogP contribution is -2.21. The molecule has 4 rings (SSSR count). The number of nitrogens with two attached hydrogens (primary N) is 1. The fourth-order valence-corrected chi connectivity index (χ4v) is 4.26. The molecule has 0 saturated carbocycles. The maximum Gasteiger partial charge on any atom is 0.215 e. The van der Waals surface area contributed by atoms with Gasteiger partial charge in [-0.15, -0.1) is 0 Å². The molecule has 0 saturated heterocycles. The number of aromatic nitrogens is 3. The second kappa shape index (κ2) is 7.68. The fraction of sp³-hybridized carbons (Fsp3) is 0.333.